The van der Waals surface area contributed by atoms with Gasteiger partial charge in [-0.2, -0.15) is 0 Å². The van der Waals surface area contributed by atoms with Crippen molar-refractivity contribution in [1.82, 2.24) is 5.32 Å². The predicted molar refractivity (Wildman–Crippen MR) is 113 cm³/mol. The zero-order valence-electron chi connectivity index (χ0n) is 17.0. The van der Waals surface area contributed by atoms with Crippen molar-refractivity contribution >= 4 is 16.9 Å². The van der Waals surface area contributed by atoms with Gasteiger partial charge in [0.2, 0.25) is 5.91 Å². The molecule has 1 aromatic carbocycles. The number of unbranched alkanes of at least 4 members (excludes halogenated alkanes) is 7. The molecule has 0 aliphatic carbocycles. The van der Waals surface area contributed by atoms with Crippen molar-refractivity contribution in [1.29, 1.82) is 0 Å². The average Bonchev–Trinajstić information content (AvgIpc) is 2.69. The molecule has 5 nitrogen and oxygen atoms in total. The summed E-state index contributed by atoms with van der Waals surface area (Å²) in [6.07, 6.45) is 11.2. The van der Waals surface area contributed by atoms with Crippen molar-refractivity contribution < 1.29 is 13.9 Å². The molecule has 1 N–H and O–H groups in total. The lowest BCUT2D eigenvalue weighted by Gasteiger charge is -2.08. The molecule has 0 unspecified atom stereocenters. The van der Waals surface area contributed by atoms with Crippen LogP contribution in [0.3, 0.4) is 0 Å². The summed E-state index contributed by atoms with van der Waals surface area (Å²) in [7, 11) is 0. The number of nitrogens with one attached hydrogen (secondary N) is 1. The Morgan fingerprint density at radius 3 is 2.46 bits per heavy atom. The minimum atomic E-state index is -0.377. The Balaban J connectivity index is 1.51. The van der Waals surface area contributed by atoms with Gasteiger partial charge in [0.15, 0.2) is 0 Å². The highest BCUT2D eigenvalue weighted by molar-refractivity contribution is 5.77. The van der Waals surface area contributed by atoms with Gasteiger partial charge in [0, 0.05) is 30.5 Å². The summed E-state index contributed by atoms with van der Waals surface area (Å²) in [6, 6.07) is 8.52. The van der Waals surface area contributed by atoms with Crippen LogP contribution in [0, 0.1) is 0 Å². The van der Waals surface area contributed by atoms with Gasteiger partial charge in [-0.25, -0.2) is 4.79 Å². The number of fused-ring (bicyclic) bond motifs is 1. The van der Waals surface area contributed by atoms with Crippen LogP contribution in [0.2, 0.25) is 0 Å². The molecule has 0 spiro atoms. The number of rotatable bonds is 14. The van der Waals surface area contributed by atoms with Gasteiger partial charge in [-0.1, -0.05) is 51.9 Å². The number of ether oxygens (including phenoxy) is 1. The monoisotopic (exact) mass is 387 g/mol. The Bertz CT molecular complexity index is 769. The summed E-state index contributed by atoms with van der Waals surface area (Å²) < 4.78 is 10.8. The van der Waals surface area contributed by atoms with E-state index in [9.17, 15) is 9.59 Å². The van der Waals surface area contributed by atoms with Crippen LogP contribution in [0.15, 0.2) is 39.5 Å². The molecular weight excluding hydrogens is 354 g/mol. The molecule has 0 aliphatic rings. The Morgan fingerprint density at radius 2 is 1.68 bits per heavy atom. The van der Waals surface area contributed by atoms with E-state index >= 15 is 0 Å². The smallest absolute Gasteiger partial charge is 0.336 e. The van der Waals surface area contributed by atoms with Crippen LogP contribution in [0.25, 0.3) is 11.0 Å². The molecule has 0 saturated heterocycles. The summed E-state index contributed by atoms with van der Waals surface area (Å²) in [5, 5.41) is 3.83. The number of benzene rings is 1. The largest absolute Gasteiger partial charge is 0.493 e. The third-order valence-corrected chi connectivity index (χ3v) is 4.76. The number of carbonyl (C=O) groups excluding carboxylic acids is 1. The van der Waals surface area contributed by atoms with Crippen molar-refractivity contribution in [3.05, 3.63) is 40.8 Å². The van der Waals surface area contributed by atoms with Gasteiger partial charge in [-0.05, 0) is 31.0 Å². The van der Waals surface area contributed by atoms with E-state index in [0.717, 1.165) is 18.4 Å². The maximum Gasteiger partial charge on any atom is 0.336 e. The molecule has 0 fully saturated rings. The summed E-state index contributed by atoms with van der Waals surface area (Å²) in [5.41, 5.74) is 0.130. The molecular formula is C23H33NO4. The van der Waals surface area contributed by atoms with Crippen molar-refractivity contribution in [2.75, 3.05) is 13.2 Å². The second-order valence-electron chi connectivity index (χ2n) is 7.23. The van der Waals surface area contributed by atoms with Gasteiger partial charge in [-0.3, -0.25) is 4.79 Å². The molecule has 1 aromatic heterocycles. The van der Waals surface area contributed by atoms with E-state index in [2.05, 4.69) is 12.2 Å². The first-order valence-corrected chi connectivity index (χ1v) is 10.6. The van der Waals surface area contributed by atoms with Crippen LogP contribution in [-0.2, 0) is 4.79 Å². The molecule has 1 heterocycles. The minimum absolute atomic E-state index is 0.0797. The van der Waals surface area contributed by atoms with Crippen molar-refractivity contribution in [3.63, 3.8) is 0 Å². The summed E-state index contributed by atoms with van der Waals surface area (Å²) in [6.45, 7) is 3.45. The highest BCUT2D eigenvalue weighted by atomic mass is 16.5. The highest BCUT2D eigenvalue weighted by Gasteiger charge is 2.03. The summed E-state index contributed by atoms with van der Waals surface area (Å²) in [5.74, 6) is 0.720. The quantitative estimate of drug-likeness (QED) is 0.357. The molecule has 1 amide bonds. The normalized spacial score (nSPS) is 10.9. The SMILES string of the molecule is CCCCCCCCCCNC(=O)CCCOc1ccc2ccc(=O)oc2c1. The first kappa shape index (κ1) is 22.0. The molecule has 5 heteroatoms. The van der Waals surface area contributed by atoms with Crippen molar-refractivity contribution in [2.45, 2.75) is 71.1 Å². The Hall–Kier alpha value is -2.30. The number of carbonyl (C=O) groups is 1. The lowest BCUT2D eigenvalue weighted by Crippen LogP contribution is -2.24. The van der Waals surface area contributed by atoms with Gasteiger partial charge in [0.1, 0.15) is 11.3 Å². The molecule has 0 saturated carbocycles. The van der Waals surface area contributed by atoms with Gasteiger partial charge in [0.05, 0.1) is 6.61 Å². The van der Waals surface area contributed by atoms with E-state index < -0.39 is 0 Å². The molecule has 0 atom stereocenters. The third kappa shape index (κ3) is 8.59. The summed E-state index contributed by atoms with van der Waals surface area (Å²) in [4.78, 5) is 23.1. The topological polar surface area (TPSA) is 68.5 Å². The standard InChI is InChI=1S/C23H33NO4/c1-2-3-4-5-6-7-8-9-16-24-22(25)11-10-17-27-20-14-12-19-13-15-23(26)28-21(19)18-20/h12-15,18H,2-11,16-17H2,1H3,(H,24,25). The van der Waals surface area contributed by atoms with E-state index in [1.807, 2.05) is 12.1 Å². The Morgan fingerprint density at radius 1 is 0.964 bits per heavy atom. The lowest BCUT2D eigenvalue weighted by molar-refractivity contribution is -0.121. The van der Waals surface area contributed by atoms with Crippen molar-refractivity contribution in [2.24, 2.45) is 0 Å². The minimum Gasteiger partial charge on any atom is -0.493 e. The molecule has 28 heavy (non-hydrogen) atoms. The fourth-order valence-electron chi connectivity index (χ4n) is 3.13. The Kier molecular flexibility index (Phi) is 10.2. The fraction of sp³-hybridized carbons (Fsp3) is 0.565. The van der Waals surface area contributed by atoms with Crippen molar-refractivity contribution in [3.8, 4) is 5.75 Å². The maximum absolute atomic E-state index is 11.9. The molecule has 0 radical (unpaired) electrons. The molecule has 2 aromatic rings. The van der Waals surface area contributed by atoms with Crippen LogP contribution in [0.4, 0.5) is 0 Å². The predicted octanol–water partition coefficient (Wildman–Crippen LogP) is 5.21. The highest BCUT2D eigenvalue weighted by Crippen LogP contribution is 2.19. The average molecular weight is 388 g/mol. The van der Waals surface area contributed by atoms with E-state index in [-0.39, 0.29) is 11.5 Å². The first-order chi connectivity index (χ1) is 13.7. The second kappa shape index (κ2) is 13.0. The zero-order valence-corrected chi connectivity index (χ0v) is 17.0. The van der Waals surface area contributed by atoms with Crippen LogP contribution in [0.5, 0.6) is 5.75 Å². The fourth-order valence-corrected chi connectivity index (χ4v) is 3.13. The molecule has 0 bridgehead atoms. The number of hydrogen-bond donors (Lipinski definition) is 1. The van der Waals surface area contributed by atoms with Gasteiger partial charge >= 0.3 is 5.63 Å². The van der Waals surface area contributed by atoms with Gasteiger partial charge in [0.25, 0.3) is 0 Å². The zero-order chi connectivity index (χ0) is 20.0. The maximum atomic E-state index is 11.9. The lowest BCUT2D eigenvalue weighted by atomic mass is 10.1. The first-order valence-electron chi connectivity index (χ1n) is 10.6. The van der Waals surface area contributed by atoms with Gasteiger partial charge in [-0.15, -0.1) is 0 Å². The van der Waals surface area contributed by atoms with Crippen LogP contribution in [0.1, 0.15) is 71.1 Å². The van der Waals surface area contributed by atoms with Crippen LogP contribution < -0.4 is 15.7 Å². The Labute approximate surface area is 167 Å². The number of amides is 1. The molecule has 0 aliphatic heterocycles. The number of hydrogen-bond acceptors (Lipinski definition) is 4. The van der Waals surface area contributed by atoms with Crippen LogP contribution >= 0.6 is 0 Å². The van der Waals surface area contributed by atoms with Crippen LogP contribution in [-0.4, -0.2) is 19.1 Å². The van der Waals surface area contributed by atoms with E-state index in [1.54, 1.807) is 12.1 Å². The molecule has 2 rings (SSSR count). The van der Waals surface area contributed by atoms with E-state index in [4.69, 9.17) is 9.15 Å². The summed E-state index contributed by atoms with van der Waals surface area (Å²) >= 11 is 0. The third-order valence-electron chi connectivity index (χ3n) is 4.76. The second-order valence-corrected chi connectivity index (χ2v) is 7.23. The van der Waals surface area contributed by atoms with Gasteiger partial charge < -0.3 is 14.5 Å². The van der Waals surface area contributed by atoms with E-state index in [1.165, 1.54) is 51.0 Å². The molecule has 154 valence electrons. The van der Waals surface area contributed by atoms with E-state index in [0.29, 0.717) is 30.8 Å².